The maximum Gasteiger partial charge on any atom is -0.0386 e. The highest BCUT2D eigenvalue weighted by atomic mass is 14.4. The molecule has 2 aliphatic rings. The van der Waals surface area contributed by atoms with E-state index in [1.165, 1.54) is 70.6 Å². The predicted molar refractivity (Wildman–Crippen MR) is 118 cm³/mol. The highest BCUT2D eigenvalue weighted by Gasteiger charge is 2.30. The molecule has 0 saturated heterocycles. The van der Waals surface area contributed by atoms with Crippen LogP contribution in [0.1, 0.15) is 142 Å². The van der Waals surface area contributed by atoms with Crippen molar-refractivity contribution < 1.29 is 0 Å². The Morgan fingerprint density at radius 1 is 0.423 bits per heavy atom. The van der Waals surface area contributed by atoms with Gasteiger partial charge in [-0.3, -0.25) is 0 Å². The minimum atomic E-state index is 1.09. The Morgan fingerprint density at radius 2 is 0.808 bits per heavy atom. The lowest BCUT2D eigenvalue weighted by Crippen LogP contribution is -2.25. The molecule has 0 aromatic heterocycles. The molecular weight excluding hydrogens is 312 g/mol. The molecule has 2 aliphatic carbocycles. The zero-order valence-electron chi connectivity index (χ0n) is 18.5. The summed E-state index contributed by atoms with van der Waals surface area (Å²) in [5.74, 6) is 4.39. The van der Waals surface area contributed by atoms with Gasteiger partial charge in [0.25, 0.3) is 0 Å². The summed E-state index contributed by atoms with van der Waals surface area (Å²) >= 11 is 0. The standard InChI is InChI=1S/C26H50/c1-3-5-7-8-9-10-11-12-14-24-17-21-26(22-18-24)25-19-15-23(16-20-25)13-6-4-2/h23-26H,3-22H2,1-2H3. The lowest BCUT2D eigenvalue weighted by molar-refractivity contribution is 0.139. The second kappa shape index (κ2) is 14.1. The molecule has 0 spiro atoms. The Balaban J connectivity index is 1.46. The van der Waals surface area contributed by atoms with E-state index in [0.29, 0.717) is 0 Å². The summed E-state index contributed by atoms with van der Waals surface area (Å²) in [5, 5.41) is 0. The molecule has 0 amide bonds. The summed E-state index contributed by atoms with van der Waals surface area (Å²) in [5.41, 5.74) is 0. The Morgan fingerprint density at radius 3 is 1.27 bits per heavy atom. The Hall–Kier alpha value is 0. The fraction of sp³-hybridized carbons (Fsp3) is 1.00. The smallest absolute Gasteiger partial charge is 0.0386 e. The summed E-state index contributed by atoms with van der Waals surface area (Å²) in [6, 6.07) is 0. The van der Waals surface area contributed by atoms with Crippen LogP contribution in [0.15, 0.2) is 0 Å². The number of unbranched alkanes of at least 4 members (excludes halogenated alkanes) is 8. The molecule has 0 heteroatoms. The molecule has 0 radical (unpaired) electrons. The quantitative estimate of drug-likeness (QED) is 0.286. The van der Waals surface area contributed by atoms with E-state index in [2.05, 4.69) is 13.8 Å². The van der Waals surface area contributed by atoms with Crippen LogP contribution in [0.2, 0.25) is 0 Å². The van der Waals surface area contributed by atoms with Gasteiger partial charge in [-0.2, -0.15) is 0 Å². The van der Waals surface area contributed by atoms with E-state index in [9.17, 15) is 0 Å². The highest BCUT2D eigenvalue weighted by Crippen LogP contribution is 2.43. The molecule has 26 heavy (non-hydrogen) atoms. The summed E-state index contributed by atoms with van der Waals surface area (Å²) < 4.78 is 0. The van der Waals surface area contributed by atoms with E-state index in [1.54, 1.807) is 57.8 Å². The van der Waals surface area contributed by atoms with E-state index < -0.39 is 0 Å². The fourth-order valence-electron chi connectivity index (χ4n) is 5.96. The lowest BCUT2D eigenvalue weighted by Gasteiger charge is -2.38. The van der Waals surface area contributed by atoms with Gasteiger partial charge in [0.05, 0.1) is 0 Å². The topological polar surface area (TPSA) is 0 Å². The molecule has 0 bridgehead atoms. The van der Waals surface area contributed by atoms with Crippen molar-refractivity contribution in [3.05, 3.63) is 0 Å². The van der Waals surface area contributed by atoms with E-state index in [1.807, 2.05) is 0 Å². The average Bonchev–Trinajstić information content (AvgIpc) is 2.69. The Labute approximate surface area is 166 Å². The first-order valence-electron chi connectivity index (χ1n) is 12.8. The van der Waals surface area contributed by atoms with Gasteiger partial charge in [0.1, 0.15) is 0 Å². The van der Waals surface area contributed by atoms with Crippen LogP contribution in [0.3, 0.4) is 0 Å². The van der Waals surface area contributed by atoms with Gasteiger partial charge in [0.2, 0.25) is 0 Å². The number of hydrogen-bond acceptors (Lipinski definition) is 0. The molecule has 0 unspecified atom stereocenters. The van der Waals surface area contributed by atoms with Crippen molar-refractivity contribution in [1.82, 2.24) is 0 Å². The molecule has 0 nitrogen and oxygen atoms in total. The van der Waals surface area contributed by atoms with Crippen molar-refractivity contribution in [2.24, 2.45) is 23.7 Å². The van der Waals surface area contributed by atoms with Gasteiger partial charge in [-0.15, -0.1) is 0 Å². The van der Waals surface area contributed by atoms with Crippen LogP contribution in [-0.4, -0.2) is 0 Å². The third kappa shape index (κ3) is 8.79. The average molecular weight is 363 g/mol. The maximum absolute atomic E-state index is 2.34. The molecule has 154 valence electrons. The zero-order valence-corrected chi connectivity index (χ0v) is 18.5. The van der Waals surface area contributed by atoms with Crippen LogP contribution in [0, 0.1) is 23.7 Å². The Kier molecular flexibility index (Phi) is 12.1. The van der Waals surface area contributed by atoms with Gasteiger partial charge in [-0.05, 0) is 49.4 Å². The molecule has 0 heterocycles. The van der Waals surface area contributed by atoms with Gasteiger partial charge in [-0.1, -0.05) is 117 Å². The molecule has 0 atom stereocenters. The largest absolute Gasteiger partial charge is 0.0654 e. The molecule has 0 N–H and O–H groups in total. The molecule has 2 fully saturated rings. The van der Waals surface area contributed by atoms with Crippen molar-refractivity contribution in [2.45, 2.75) is 142 Å². The van der Waals surface area contributed by atoms with Gasteiger partial charge in [-0.25, -0.2) is 0 Å². The first-order valence-corrected chi connectivity index (χ1v) is 12.8. The van der Waals surface area contributed by atoms with Gasteiger partial charge < -0.3 is 0 Å². The third-order valence-corrected chi connectivity index (χ3v) is 7.88. The van der Waals surface area contributed by atoms with Crippen LogP contribution in [-0.2, 0) is 0 Å². The second-order valence-corrected chi connectivity index (χ2v) is 9.97. The molecule has 2 rings (SSSR count). The number of hydrogen-bond donors (Lipinski definition) is 0. The SMILES string of the molecule is CCCCCCCCCCC1CCC(C2CCC(CCCC)CC2)CC1. The van der Waals surface area contributed by atoms with Crippen LogP contribution in [0.5, 0.6) is 0 Å². The third-order valence-electron chi connectivity index (χ3n) is 7.88. The first-order chi connectivity index (χ1) is 12.8. The van der Waals surface area contributed by atoms with E-state index in [4.69, 9.17) is 0 Å². The predicted octanol–water partition coefficient (Wildman–Crippen LogP) is 9.32. The second-order valence-electron chi connectivity index (χ2n) is 9.97. The van der Waals surface area contributed by atoms with Crippen LogP contribution in [0.25, 0.3) is 0 Å². The summed E-state index contributed by atoms with van der Waals surface area (Å²) in [4.78, 5) is 0. The monoisotopic (exact) mass is 362 g/mol. The zero-order chi connectivity index (χ0) is 18.5. The van der Waals surface area contributed by atoms with Crippen LogP contribution < -0.4 is 0 Å². The van der Waals surface area contributed by atoms with Gasteiger partial charge in [0.15, 0.2) is 0 Å². The fourth-order valence-corrected chi connectivity index (χ4v) is 5.96. The van der Waals surface area contributed by atoms with Crippen molar-refractivity contribution in [3.8, 4) is 0 Å². The van der Waals surface area contributed by atoms with Crippen molar-refractivity contribution in [2.75, 3.05) is 0 Å². The van der Waals surface area contributed by atoms with Gasteiger partial charge in [0, 0.05) is 0 Å². The first kappa shape index (κ1) is 22.3. The van der Waals surface area contributed by atoms with Crippen molar-refractivity contribution in [3.63, 3.8) is 0 Å². The van der Waals surface area contributed by atoms with Gasteiger partial charge >= 0.3 is 0 Å². The highest BCUT2D eigenvalue weighted by molar-refractivity contribution is 4.82. The van der Waals surface area contributed by atoms with Crippen molar-refractivity contribution in [1.29, 1.82) is 0 Å². The Bertz CT molecular complexity index is 304. The maximum atomic E-state index is 2.34. The summed E-state index contributed by atoms with van der Waals surface area (Å²) in [7, 11) is 0. The van der Waals surface area contributed by atoms with Crippen LogP contribution >= 0.6 is 0 Å². The normalized spacial score (nSPS) is 29.8. The van der Waals surface area contributed by atoms with E-state index in [0.717, 1.165) is 23.7 Å². The summed E-state index contributed by atoms with van der Waals surface area (Å²) in [6.07, 6.45) is 30.3. The molecule has 0 aromatic rings. The van der Waals surface area contributed by atoms with Crippen LogP contribution in [0.4, 0.5) is 0 Å². The van der Waals surface area contributed by atoms with Crippen molar-refractivity contribution >= 4 is 0 Å². The molecule has 0 aliphatic heterocycles. The molecule has 0 aromatic carbocycles. The van der Waals surface area contributed by atoms with E-state index in [-0.39, 0.29) is 0 Å². The summed E-state index contributed by atoms with van der Waals surface area (Å²) in [6.45, 7) is 4.66. The number of rotatable bonds is 13. The lowest BCUT2D eigenvalue weighted by atomic mass is 9.68. The molecular formula is C26H50. The minimum absolute atomic E-state index is 1.09. The van der Waals surface area contributed by atoms with E-state index >= 15 is 0 Å². The minimum Gasteiger partial charge on any atom is -0.0654 e. The molecule has 2 saturated carbocycles.